The molecule has 1 amide bonds. The number of rotatable bonds is 4. The second kappa shape index (κ2) is 5.85. The number of carbonyl (C=O) groups is 2. The lowest BCUT2D eigenvalue weighted by Gasteiger charge is -2.09. The zero-order valence-corrected chi connectivity index (χ0v) is 11.1. The van der Waals surface area contributed by atoms with Crippen LogP contribution >= 0.6 is 23.2 Å². The van der Waals surface area contributed by atoms with Gasteiger partial charge in [-0.1, -0.05) is 23.2 Å². The van der Waals surface area contributed by atoms with Gasteiger partial charge in [-0.3, -0.25) is 14.9 Å². The van der Waals surface area contributed by atoms with Crippen molar-refractivity contribution in [2.75, 3.05) is 0 Å². The Morgan fingerprint density at radius 2 is 2.00 bits per heavy atom. The third kappa shape index (κ3) is 3.33. The van der Waals surface area contributed by atoms with E-state index in [-0.39, 0.29) is 23.0 Å². The third-order valence-corrected chi connectivity index (χ3v) is 3.00. The number of carboxylic acids is 1. The van der Waals surface area contributed by atoms with Crippen molar-refractivity contribution in [3.05, 3.63) is 37.4 Å². The molecule has 1 aromatic rings. The first-order valence-electron chi connectivity index (χ1n) is 4.88. The molecule has 2 N–H and O–H groups in total. The lowest BCUT2D eigenvalue weighted by Crippen LogP contribution is -2.19. The minimum absolute atomic E-state index is 0.102. The summed E-state index contributed by atoms with van der Waals surface area (Å²) in [4.78, 5) is 31.8. The fourth-order valence-corrected chi connectivity index (χ4v) is 1.97. The first kappa shape index (κ1) is 15.2. The quantitative estimate of drug-likeness (QED) is 0.654. The Morgan fingerprint density at radius 1 is 1.42 bits per heavy atom. The van der Waals surface area contributed by atoms with Gasteiger partial charge in [-0.05, 0) is 11.6 Å². The van der Waals surface area contributed by atoms with E-state index in [4.69, 9.17) is 28.3 Å². The van der Waals surface area contributed by atoms with Gasteiger partial charge in [-0.15, -0.1) is 0 Å². The summed E-state index contributed by atoms with van der Waals surface area (Å²) >= 11 is 11.4. The van der Waals surface area contributed by atoms with Crippen LogP contribution in [0.1, 0.15) is 22.8 Å². The van der Waals surface area contributed by atoms with E-state index in [2.05, 4.69) is 5.32 Å². The summed E-state index contributed by atoms with van der Waals surface area (Å²) in [7, 11) is 0. The molecule has 0 unspecified atom stereocenters. The van der Waals surface area contributed by atoms with Gasteiger partial charge in [-0.25, -0.2) is 4.79 Å². The van der Waals surface area contributed by atoms with Gasteiger partial charge in [0.05, 0.1) is 10.5 Å². The molecule has 0 fully saturated rings. The number of carbonyl (C=O) groups excluding carboxylic acids is 1. The fourth-order valence-electron chi connectivity index (χ4n) is 1.34. The maximum atomic E-state index is 11.0. The Balaban J connectivity index is 3.43. The Bertz CT molecular complexity index is 574. The number of nitro benzene ring substituents is 1. The number of nitrogens with one attached hydrogen (secondary N) is 1. The molecule has 0 saturated carbocycles. The number of hydrogen-bond acceptors (Lipinski definition) is 4. The van der Waals surface area contributed by atoms with E-state index >= 15 is 0 Å². The van der Waals surface area contributed by atoms with Crippen LogP contribution in [0.4, 0.5) is 5.69 Å². The van der Waals surface area contributed by atoms with Gasteiger partial charge in [0.15, 0.2) is 0 Å². The minimum Gasteiger partial charge on any atom is -0.478 e. The van der Waals surface area contributed by atoms with Crippen LogP contribution in [-0.2, 0) is 11.3 Å². The molecule has 0 aliphatic heterocycles. The van der Waals surface area contributed by atoms with Crippen LogP contribution in [-0.4, -0.2) is 21.9 Å². The van der Waals surface area contributed by atoms with Crippen molar-refractivity contribution in [2.24, 2.45) is 0 Å². The third-order valence-electron chi connectivity index (χ3n) is 2.19. The molecule has 0 heterocycles. The zero-order chi connectivity index (χ0) is 14.7. The summed E-state index contributed by atoms with van der Waals surface area (Å²) in [5.41, 5.74) is -1.04. The fraction of sp³-hybridized carbons (Fsp3) is 0.200. The molecule has 0 aliphatic carbocycles. The van der Waals surface area contributed by atoms with Crippen LogP contribution < -0.4 is 5.32 Å². The standard InChI is InChI=1S/C10H8Cl2N2O5/c1-4(15)13-3-5-2-6(10(16)17)8(12)9(7(5)11)14(18)19/h2H,3H2,1H3,(H,13,15)(H,16,17). The number of carboxylic acid groups (broad SMARTS) is 1. The minimum atomic E-state index is -1.42. The smallest absolute Gasteiger partial charge is 0.337 e. The van der Waals surface area contributed by atoms with E-state index in [9.17, 15) is 19.7 Å². The van der Waals surface area contributed by atoms with Gasteiger partial charge < -0.3 is 10.4 Å². The average Bonchev–Trinajstić information content (AvgIpc) is 2.26. The molecule has 7 nitrogen and oxygen atoms in total. The highest BCUT2D eigenvalue weighted by Gasteiger charge is 2.27. The number of nitrogens with zero attached hydrogens (tertiary/aromatic N) is 1. The Morgan fingerprint density at radius 3 is 2.42 bits per heavy atom. The van der Waals surface area contributed by atoms with Gasteiger partial charge in [0.25, 0.3) is 0 Å². The number of hydrogen-bond donors (Lipinski definition) is 2. The lowest BCUT2D eigenvalue weighted by atomic mass is 10.1. The molecule has 0 atom stereocenters. The first-order chi connectivity index (χ1) is 8.75. The van der Waals surface area contributed by atoms with E-state index in [0.717, 1.165) is 6.07 Å². The number of halogens is 2. The first-order valence-corrected chi connectivity index (χ1v) is 5.64. The van der Waals surface area contributed by atoms with Crippen molar-refractivity contribution in [1.29, 1.82) is 0 Å². The molecular formula is C10H8Cl2N2O5. The Hall–Kier alpha value is -1.86. The van der Waals surface area contributed by atoms with Crippen LogP contribution in [0.3, 0.4) is 0 Å². The summed E-state index contributed by atoms with van der Waals surface area (Å²) in [6, 6.07) is 1.09. The molecule has 0 aromatic heterocycles. The van der Waals surface area contributed by atoms with Crippen molar-refractivity contribution in [3.8, 4) is 0 Å². The molecule has 102 valence electrons. The maximum absolute atomic E-state index is 11.0. The summed E-state index contributed by atoms with van der Waals surface area (Å²) in [5.74, 6) is -1.81. The van der Waals surface area contributed by atoms with Crippen molar-refractivity contribution in [1.82, 2.24) is 5.32 Å². The highest BCUT2D eigenvalue weighted by molar-refractivity contribution is 6.40. The summed E-state index contributed by atoms with van der Waals surface area (Å²) in [5, 5.41) is 21.3. The second-order valence-corrected chi connectivity index (χ2v) is 4.29. The number of benzene rings is 1. The summed E-state index contributed by atoms with van der Waals surface area (Å²) in [6.45, 7) is 1.11. The van der Waals surface area contributed by atoms with Gasteiger partial charge in [0.1, 0.15) is 10.0 Å². The van der Waals surface area contributed by atoms with E-state index in [1.54, 1.807) is 0 Å². The van der Waals surface area contributed by atoms with Crippen molar-refractivity contribution in [2.45, 2.75) is 13.5 Å². The summed E-state index contributed by atoms with van der Waals surface area (Å²) < 4.78 is 0. The molecule has 19 heavy (non-hydrogen) atoms. The molecule has 0 aliphatic rings. The van der Waals surface area contributed by atoms with E-state index in [1.807, 2.05) is 0 Å². The highest BCUT2D eigenvalue weighted by Crippen LogP contribution is 2.38. The average molecular weight is 307 g/mol. The van der Waals surface area contributed by atoms with Crippen LogP contribution in [0, 0.1) is 10.1 Å². The molecule has 0 spiro atoms. The van der Waals surface area contributed by atoms with Crippen LogP contribution in [0.2, 0.25) is 10.0 Å². The van der Waals surface area contributed by atoms with Crippen LogP contribution in [0.5, 0.6) is 0 Å². The molecule has 1 aromatic carbocycles. The predicted octanol–water partition coefficient (Wildman–Crippen LogP) is 2.24. The monoisotopic (exact) mass is 306 g/mol. The van der Waals surface area contributed by atoms with E-state index in [0.29, 0.717) is 0 Å². The highest BCUT2D eigenvalue weighted by atomic mass is 35.5. The van der Waals surface area contributed by atoms with Crippen molar-refractivity contribution >= 4 is 40.8 Å². The molecule has 1 rings (SSSR count). The lowest BCUT2D eigenvalue weighted by molar-refractivity contribution is -0.384. The molecular weight excluding hydrogens is 299 g/mol. The number of amides is 1. The van der Waals surface area contributed by atoms with Gasteiger partial charge >= 0.3 is 11.7 Å². The van der Waals surface area contributed by atoms with E-state index in [1.165, 1.54) is 6.92 Å². The van der Waals surface area contributed by atoms with Crippen LogP contribution in [0.25, 0.3) is 0 Å². The molecule has 0 saturated heterocycles. The molecule has 0 bridgehead atoms. The van der Waals surface area contributed by atoms with Crippen LogP contribution in [0.15, 0.2) is 6.07 Å². The van der Waals surface area contributed by atoms with Crippen molar-refractivity contribution in [3.63, 3.8) is 0 Å². The van der Waals surface area contributed by atoms with E-state index < -0.39 is 27.2 Å². The number of aromatic carboxylic acids is 1. The van der Waals surface area contributed by atoms with Gasteiger partial charge in [0, 0.05) is 13.5 Å². The maximum Gasteiger partial charge on any atom is 0.337 e. The van der Waals surface area contributed by atoms with Gasteiger partial charge in [-0.2, -0.15) is 0 Å². The molecule has 9 heteroatoms. The Kier molecular flexibility index (Phi) is 4.68. The predicted molar refractivity (Wildman–Crippen MR) is 67.6 cm³/mol. The normalized spacial score (nSPS) is 10.1. The number of nitro groups is 1. The molecule has 0 radical (unpaired) electrons. The summed E-state index contributed by atoms with van der Waals surface area (Å²) in [6.07, 6.45) is 0. The second-order valence-electron chi connectivity index (χ2n) is 3.53. The topological polar surface area (TPSA) is 110 Å². The zero-order valence-electron chi connectivity index (χ0n) is 9.57. The Labute approximate surface area is 117 Å². The van der Waals surface area contributed by atoms with Gasteiger partial charge in [0.2, 0.25) is 5.91 Å². The van der Waals surface area contributed by atoms with Crippen molar-refractivity contribution < 1.29 is 19.6 Å². The SMILES string of the molecule is CC(=O)NCc1cc(C(=O)O)c(Cl)c([N+](=O)[O-])c1Cl. The largest absolute Gasteiger partial charge is 0.478 e.